The molecule has 0 fully saturated rings. The second kappa shape index (κ2) is 8.47. The van der Waals surface area contributed by atoms with E-state index in [-0.39, 0.29) is 5.91 Å². The van der Waals surface area contributed by atoms with E-state index in [1.54, 1.807) is 24.2 Å². The highest BCUT2D eigenvalue weighted by molar-refractivity contribution is 8.00. The molecule has 0 aliphatic heterocycles. The highest BCUT2D eigenvalue weighted by Gasteiger charge is 2.07. The summed E-state index contributed by atoms with van der Waals surface area (Å²) >= 11 is 1.78. The van der Waals surface area contributed by atoms with E-state index in [2.05, 4.69) is 29.4 Å². The molecule has 4 heteroatoms. The average Bonchev–Trinajstić information content (AvgIpc) is 2.53. The van der Waals surface area contributed by atoms with Crippen LogP contribution in [0.5, 0.6) is 0 Å². The summed E-state index contributed by atoms with van der Waals surface area (Å²) in [5.74, 6) is 0.104. The lowest BCUT2D eigenvalue weighted by atomic mass is 10.1. The van der Waals surface area contributed by atoms with Gasteiger partial charge in [-0.1, -0.05) is 25.1 Å². The third-order valence-electron chi connectivity index (χ3n) is 3.06. The summed E-state index contributed by atoms with van der Waals surface area (Å²) in [5, 5.41) is 3.36. The van der Waals surface area contributed by atoms with Gasteiger partial charge in [0.1, 0.15) is 0 Å². The van der Waals surface area contributed by atoms with Crippen LogP contribution in [0.4, 0.5) is 0 Å². The molecule has 110 valence electrons. The van der Waals surface area contributed by atoms with Crippen molar-refractivity contribution in [2.75, 3.05) is 6.54 Å². The SMILES string of the molecule is C[C@@H](CNC(=O)CCc1ccncc1)Sc1ccccc1. The van der Waals surface area contributed by atoms with Gasteiger partial charge in [0.05, 0.1) is 0 Å². The van der Waals surface area contributed by atoms with E-state index < -0.39 is 0 Å². The van der Waals surface area contributed by atoms with Gasteiger partial charge in [-0.3, -0.25) is 9.78 Å². The van der Waals surface area contributed by atoms with Crippen LogP contribution < -0.4 is 5.32 Å². The summed E-state index contributed by atoms with van der Waals surface area (Å²) in [6.07, 6.45) is 4.79. The molecule has 1 amide bonds. The predicted octanol–water partition coefficient (Wildman–Crippen LogP) is 3.31. The van der Waals surface area contributed by atoms with E-state index >= 15 is 0 Å². The normalized spacial score (nSPS) is 11.9. The van der Waals surface area contributed by atoms with Crippen molar-refractivity contribution in [3.05, 3.63) is 60.4 Å². The van der Waals surface area contributed by atoms with Crippen molar-refractivity contribution in [1.82, 2.24) is 10.3 Å². The maximum Gasteiger partial charge on any atom is 0.220 e. The highest BCUT2D eigenvalue weighted by Crippen LogP contribution is 2.21. The fourth-order valence-electron chi connectivity index (χ4n) is 1.93. The second-order valence-electron chi connectivity index (χ2n) is 4.90. The summed E-state index contributed by atoms with van der Waals surface area (Å²) < 4.78 is 0. The highest BCUT2D eigenvalue weighted by atomic mass is 32.2. The monoisotopic (exact) mass is 300 g/mol. The number of rotatable bonds is 7. The van der Waals surface area contributed by atoms with Crippen molar-refractivity contribution in [2.45, 2.75) is 29.9 Å². The number of carbonyl (C=O) groups excluding carboxylic acids is 1. The van der Waals surface area contributed by atoms with E-state index in [4.69, 9.17) is 0 Å². The molecule has 0 radical (unpaired) electrons. The van der Waals surface area contributed by atoms with Crippen molar-refractivity contribution in [3.63, 3.8) is 0 Å². The molecule has 1 aromatic heterocycles. The van der Waals surface area contributed by atoms with Crippen molar-refractivity contribution in [1.29, 1.82) is 0 Å². The lowest BCUT2D eigenvalue weighted by Gasteiger charge is -2.12. The van der Waals surface area contributed by atoms with Gasteiger partial charge >= 0.3 is 0 Å². The quantitative estimate of drug-likeness (QED) is 0.798. The molecule has 2 aromatic rings. The largest absolute Gasteiger partial charge is 0.355 e. The lowest BCUT2D eigenvalue weighted by Crippen LogP contribution is -2.29. The van der Waals surface area contributed by atoms with Crippen molar-refractivity contribution in [2.24, 2.45) is 0 Å². The van der Waals surface area contributed by atoms with Crippen molar-refractivity contribution < 1.29 is 4.79 Å². The van der Waals surface area contributed by atoms with Gasteiger partial charge in [0.25, 0.3) is 0 Å². The van der Waals surface area contributed by atoms with Crippen molar-refractivity contribution in [3.8, 4) is 0 Å². The van der Waals surface area contributed by atoms with Crippen LogP contribution >= 0.6 is 11.8 Å². The number of nitrogens with zero attached hydrogens (tertiary/aromatic N) is 1. The van der Waals surface area contributed by atoms with Crippen LogP contribution in [0.25, 0.3) is 0 Å². The third kappa shape index (κ3) is 6.00. The van der Waals surface area contributed by atoms with Gasteiger partial charge in [0.15, 0.2) is 0 Å². The Hall–Kier alpha value is -1.81. The van der Waals surface area contributed by atoms with Gasteiger partial charge in [0, 0.05) is 35.5 Å². The van der Waals surface area contributed by atoms with E-state index in [9.17, 15) is 4.79 Å². The van der Waals surface area contributed by atoms with Gasteiger partial charge in [-0.15, -0.1) is 11.8 Å². The summed E-state index contributed by atoms with van der Waals surface area (Å²) in [6, 6.07) is 14.1. The Morgan fingerprint density at radius 3 is 2.62 bits per heavy atom. The molecule has 1 N–H and O–H groups in total. The van der Waals surface area contributed by atoms with E-state index in [0.717, 1.165) is 12.0 Å². The third-order valence-corrected chi connectivity index (χ3v) is 4.17. The summed E-state index contributed by atoms with van der Waals surface area (Å²) in [6.45, 7) is 2.82. The predicted molar refractivity (Wildman–Crippen MR) is 87.3 cm³/mol. The lowest BCUT2D eigenvalue weighted by molar-refractivity contribution is -0.121. The summed E-state index contributed by atoms with van der Waals surface area (Å²) in [4.78, 5) is 17.0. The minimum Gasteiger partial charge on any atom is -0.355 e. The second-order valence-corrected chi connectivity index (χ2v) is 6.41. The molecular weight excluding hydrogens is 280 g/mol. The van der Waals surface area contributed by atoms with Crippen LogP contribution in [-0.2, 0) is 11.2 Å². The minimum absolute atomic E-state index is 0.104. The molecule has 2 rings (SSSR count). The fraction of sp³-hybridized carbons (Fsp3) is 0.294. The molecule has 0 spiro atoms. The Labute approximate surface area is 130 Å². The van der Waals surface area contributed by atoms with E-state index in [1.165, 1.54) is 4.90 Å². The van der Waals surface area contributed by atoms with Crippen LogP contribution in [0.1, 0.15) is 18.9 Å². The number of carbonyl (C=O) groups is 1. The Morgan fingerprint density at radius 1 is 1.19 bits per heavy atom. The standard InChI is InChI=1S/C17H20N2OS/c1-14(21-16-5-3-2-4-6-16)13-19-17(20)8-7-15-9-11-18-12-10-15/h2-6,9-12,14H,7-8,13H2,1H3,(H,19,20)/t14-/m0/s1. The van der Waals surface area contributed by atoms with E-state index in [1.807, 2.05) is 30.3 Å². The van der Waals surface area contributed by atoms with Gasteiger partial charge in [-0.25, -0.2) is 0 Å². The maximum atomic E-state index is 11.8. The molecule has 3 nitrogen and oxygen atoms in total. The van der Waals surface area contributed by atoms with Crippen LogP contribution in [-0.4, -0.2) is 22.7 Å². The number of hydrogen-bond donors (Lipinski definition) is 1. The summed E-state index contributed by atoms with van der Waals surface area (Å²) in [5.41, 5.74) is 1.15. The number of pyridine rings is 1. The Morgan fingerprint density at radius 2 is 1.90 bits per heavy atom. The zero-order valence-corrected chi connectivity index (χ0v) is 13.0. The van der Waals surface area contributed by atoms with Crippen LogP contribution in [0.15, 0.2) is 59.8 Å². The molecule has 0 unspecified atom stereocenters. The first-order valence-electron chi connectivity index (χ1n) is 7.11. The molecule has 1 heterocycles. The maximum absolute atomic E-state index is 11.8. The topological polar surface area (TPSA) is 42.0 Å². The van der Waals surface area contributed by atoms with Gasteiger partial charge in [0.2, 0.25) is 5.91 Å². The Balaban J connectivity index is 1.66. The van der Waals surface area contributed by atoms with Gasteiger partial charge < -0.3 is 5.32 Å². The molecule has 0 saturated carbocycles. The molecule has 21 heavy (non-hydrogen) atoms. The molecule has 0 saturated heterocycles. The van der Waals surface area contributed by atoms with Crippen LogP contribution in [0, 0.1) is 0 Å². The number of hydrogen-bond acceptors (Lipinski definition) is 3. The smallest absolute Gasteiger partial charge is 0.220 e. The number of benzene rings is 1. The zero-order chi connectivity index (χ0) is 14.9. The first-order valence-corrected chi connectivity index (χ1v) is 7.99. The summed E-state index contributed by atoms with van der Waals surface area (Å²) in [7, 11) is 0. The Kier molecular flexibility index (Phi) is 6.28. The fourth-order valence-corrected chi connectivity index (χ4v) is 2.87. The molecule has 1 atom stereocenters. The molecule has 0 aliphatic rings. The van der Waals surface area contributed by atoms with Gasteiger partial charge in [-0.2, -0.15) is 0 Å². The molecule has 0 aliphatic carbocycles. The van der Waals surface area contributed by atoms with Crippen LogP contribution in [0.2, 0.25) is 0 Å². The number of aromatic nitrogens is 1. The van der Waals surface area contributed by atoms with E-state index in [0.29, 0.717) is 18.2 Å². The van der Waals surface area contributed by atoms with Gasteiger partial charge in [-0.05, 0) is 36.2 Å². The first kappa shape index (κ1) is 15.6. The Bertz CT molecular complexity index is 545. The van der Waals surface area contributed by atoms with Crippen molar-refractivity contribution >= 4 is 17.7 Å². The number of thioether (sulfide) groups is 1. The minimum atomic E-state index is 0.104. The molecule has 0 bridgehead atoms. The first-order chi connectivity index (χ1) is 10.2. The molecular formula is C17H20N2OS. The zero-order valence-electron chi connectivity index (χ0n) is 12.2. The average molecular weight is 300 g/mol. The number of amides is 1. The number of nitrogens with one attached hydrogen (secondary N) is 1. The van der Waals surface area contributed by atoms with Crippen LogP contribution in [0.3, 0.4) is 0 Å². The molecule has 1 aromatic carbocycles. The number of aryl methyl sites for hydroxylation is 1.